The molecule has 7 nitrogen and oxygen atoms in total. The summed E-state index contributed by atoms with van der Waals surface area (Å²) in [5.41, 5.74) is 1.40. The zero-order valence-corrected chi connectivity index (χ0v) is 17.1. The fraction of sp³-hybridized carbons (Fsp3) is 0.286. The molecule has 1 aromatic heterocycles. The van der Waals surface area contributed by atoms with E-state index in [0.29, 0.717) is 41.4 Å². The number of hydrogen-bond donors (Lipinski definition) is 0. The zero-order chi connectivity index (χ0) is 20.5. The van der Waals surface area contributed by atoms with Gasteiger partial charge in [-0.2, -0.15) is 0 Å². The highest BCUT2D eigenvalue weighted by atomic mass is 32.2. The van der Waals surface area contributed by atoms with Crippen LogP contribution >= 0.6 is 11.8 Å². The van der Waals surface area contributed by atoms with Crippen molar-refractivity contribution >= 4 is 18.0 Å². The third-order valence-electron chi connectivity index (χ3n) is 3.92. The van der Waals surface area contributed by atoms with Crippen molar-refractivity contribution < 1.29 is 23.4 Å². The Hall–Kier alpha value is -3.00. The van der Waals surface area contributed by atoms with E-state index in [1.807, 2.05) is 31.2 Å². The van der Waals surface area contributed by atoms with Crippen LogP contribution < -0.4 is 14.2 Å². The smallest absolute Gasteiger partial charge is 0.276 e. The van der Waals surface area contributed by atoms with E-state index in [1.165, 1.54) is 11.8 Å². The molecule has 0 saturated heterocycles. The molecule has 0 aliphatic carbocycles. The normalized spacial score (nSPS) is 10.6. The molecule has 3 rings (SSSR count). The number of carbonyl (C=O) groups is 1. The number of aldehydes is 1. The highest BCUT2D eigenvalue weighted by molar-refractivity contribution is 7.99. The Kier molecular flexibility index (Phi) is 7.52. The lowest BCUT2D eigenvalue weighted by Crippen LogP contribution is -2.02. The van der Waals surface area contributed by atoms with Crippen molar-refractivity contribution in [1.29, 1.82) is 0 Å². The molecule has 0 spiro atoms. The molecule has 3 aromatic rings. The molecule has 0 bridgehead atoms. The van der Waals surface area contributed by atoms with Crippen LogP contribution in [0.1, 0.15) is 23.7 Å². The summed E-state index contributed by atoms with van der Waals surface area (Å²) in [5.74, 6) is 3.22. The summed E-state index contributed by atoms with van der Waals surface area (Å²) in [6.07, 6.45) is 1.57. The Bertz CT molecular complexity index is 927. The Morgan fingerprint density at radius 1 is 1.07 bits per heavy atom. The van der Waals surface area contributed by atoms with Crippen LogP contribution in [0.4, 0.5) is 0 Å². The van der Waals surface area contributed by atoms with Crippen molar-refractivity contribution in [2.75, 3.05) is 26.1 Å². The van der Waals surface area contributed by atoms with Crippen LogP contribution in [0, 0.1) is 0 Å². The van der Waals surface area contributed by atoms with Crippen molar-refractivity contribution in [3.05, 3.63) is 48.0 Å². The van der Waals surface area contributed by atoms with Crippen LogP contribution in [-0.4, -0.2) is 42.6 Å². The minimum atomic E-state index is 0.475. The molecule has 0 fully saturated rings. The highest BCUT2D eigenvalue weighted by Crippen LogP contribution is 2.29. The number of thioether (sulfide) groups is 1. The first-order chi connectivity index (χ1) is 14.2. The molecular formula is C21H22N2O5S. The number of benzene rings is 2. The average Bonchev–Trinajstić information content (AvgIpc) is 3.23. The number of methoxy groups -OCH3 is 1. The second-order valence-electron chi connectivity index (χ2n) is 5.91. The standard InChI is InChI=1S/C21H22N2O5S/c1-3-26-19-13-15(14-24)5-10-18(19)27-11-4-12-29-21-23-22-20(28-21)16-6-8-17(25-2)9-7-16/h5-10,13-14H,3-4,11-12H2,1-2H3. The molecule has 0 radical (unpaired) electrons. The summed E-state index contributed by atoms with van der Waals surface area (Å²) in [4.78, 5) is 10.9. The molecule has 1 heterocycles. The summed E-state index contributed by atoms with van der Waals surface area (Å²) in [5, 5.41) is 8.67. The van der Waals surface area contributed by atoms with E-state index in [-0.39, 0.29) is 0 Å². The number of carbonyl (C=O) groups excluding carboxylic acids is 1. The number of aromatic nitrogens is 2. The van der Waals surface area contributed by atoms with Gasteiger partial charge >= 0.3 is 0 Å². The van der Waals surface area contributed by atoms with E-state index >= 15 is 0 Å². The second-order valence-corrected chi connectivity index (χ2v) is 6.96. The van der Waals surface area contributed by atoms with Gasteiger partial charge in [0.2, 0.25) is 5.89 Å². The Labute approximate surface area is 173 Å². The molecule has 0 amide bonds. The highest BCUT2D eigenvalue weighted by Gasteiger charge is 2.10. The van der Waals surface area contributed by atoms with Gasteiger partial charge in [-0.05, 0) is 55.8 Å². The predicted octanol–water partition coefficient (Wildman–Crippen LogP) is 4.52. The van der Waals surface area contributed by atoms with E-state index in [0.717, 1.165) is 29.8 Å². The largest absolute Gasteiger partial charge is 0.497 e. The summed E-state index contributed by atoms with van der Waals surface area (Å²) in [7, 11) is 1.62. The Morgan fingerprint density at radius 2 is 1.90 bits per heavy atom. The lowest BCUT2D eigenvalue weighted by Gasteiger charge is -2.12. The van der Waals surface area contributed by atoms with Gasteiger partial charge in [0.1, 0.15) is 12.0 Å². The van der Waals surface area contributed by atoms with Crippen LogP contribution in [0.5, 0.6) is 17.2 Å². The number of ether oxygens (including phenoxy) is 3. The number of hydrogen-bond acceptors (Lipinski definition) is 8. The minimum Gasteiger partial charge on any atom is -0.497 e. The first-order valence-electron chi connectivity index (χ1n) is 9.19. The third kappa shape index (κ3) is 5.74. The van der Waals surface area contributed by atoms with Crippen molar-refractivity contribution in [3.8, 4) is 28.7 Å². The molecule has 8 heteroatoms. The van der Waals surface area contributed by atoms with Crippen LogP contribution in [0.15, 0.2) is 52.1 Å². The summed E-state index contributed by atoms with van der Waals surface area (Å²) >= 11 is 1.48. The summed E-state index contributed by atoms with van der Waals surface area (Å²) in [6, 6.07) is 12.6. The maximum Gasteiger partial charge on any atom is 0.276 e. The predicted molar refractivity (Wildman–Crippen MR) is 110 cm³/mol. The van der Waals surface area contributed by atoms with Crippen LogP contribution in [0.3, 0.4) is 0 Å². The lowest BCUT2D eigenvalue weighted by molar-refractivity contribution is 0.112. The molecule has 29 heavy (non-hydrogen) atoms. The second kappa shape index (κ2) is 10.5. The summed E-state index contributed by atoms with van der Waals surface area (Å²) < 4.78 is 22.2. The average molecular weight is 414 g/mol. The number of rotatable bonds is 11. The van der Waals surface area contributed by atoms with E-state index in [4.69, 9.17) is 18.6 Å². The zero-order valence-electron chi connectivity index (χ0n) is 16.3. The van der Waals surface area contributed by atoms with Crippen molar-refractivity contribution in [1.82, 2.24) is 10.2 Å². The first kappa shape index (κ1) is 20.7. The van der Waals surface area contributed by atoms with Crippen molar-refractivity contribution in [2.24, 2.45) is 0 Å². The van der Waals surface area contributed by atoms with E-state index in [9.17, 15) is 4.79 Å². The lowest BCUT2D eigenvalue weighted by atomic mass is 10.2. The molecule has 0 atom stereocenters. The van der Waals surface area contributed by atoms with Gasteiger partial charge in [-0.1, -0.05) is 11.8 Å². The maximum atomic E-state index is 10.9. The van der Waals surface area contributed by atoms with Gasteiger partial charge in [-0.25, -0.2) is 0 Å². The fourth-order valence-corrected chi connectivity index (χ4v) is 3.18. The molecule has 0 aliphatic rings. The van der Waals surface area contributed by atoms with Crippen LogP contribution in [0.25, 0.3) is 11.5 Å². The monoisotopic (exact) mass is 414 g/mol. The van der Waals surface area contributed by atoms with Gasteiger partial charge in [0.15, 0.2) is 11.5 Å². The summed E-state index contributed by atoms with van der Waals surface area (Å²) in [6.45, 7) is 2.90. The molecule has 0 aliphatic heterocycles. The molecule has 0 N–H and O–H groups in total. The van der Waals surface area contributed by atoms with E-state index in [1.54, 1.807) is 25.3 Å². The Balaban J connectivity index is 1.46. The van der Waals surface area contributed by atoms with Gasteiger partial charge < -0.3 is 18.6 Å². The first-order valence-corrected chi connectivity index (χ1v) is 10.2. The van der Waals surface area contributed by atoms with Crippen molar-refractivity contribution in [2.45, 2.75) is 18.6 Å². The third-order valence-corrected chi connectivity index (χ3v) is 4.82. The van der Waals surface area contributed by atoms with Gasteiger partial charge in [-0.15, -0.1) is 10.2 Å². The van der Waals surface area contributed by atoms with E-state index in [2.05, 4.69) is 10.2 Å². The minimum absolute atomic E-state index is 0.475. The SMILES string of the molecule is CCOc1cc(C=O)ccc1OCCCSc1nnc(-c2ccc(OC)cc2)o1. The van der Waals surface area contributed by atoms with Crippen LogP contribution in [0.2, 0.25) is 0 Å². The fourth-order valence-electron chi connectivity index (χ4n) is 2.50. The van der Waals surface area contributed by atoms with Gasteiger partial charge in [-0.3, -0.25) is 4.79 Å². The molecule has 0 unspecified atom stereocenters. The quantitative estimate of drug-likeness (QED) is 0.257. The van der Waals surface area contributed by atoms with E-state index < -0.39 is 0 Å². The molecule has 152 valence electrons. The molecule has 0 saturated carbocycles. The van der Waals surface area contributed by atoms with Crippen LogP contribution in [-0.2, 0) is 0 Å². The Morgan fingerprint density at radius 3 is 2.62 bits per heavy atom. The van der Waals surface area contributed by atoms with Gasteiger partial charge in [0.05, 0.1) is 20.3 Å². The topological polar surface area (TPSA) is 83.7 Å². The van der Waals surface area contributed by atoms with Crippen molar-refractivity contribution in [3.63, 3.8) is 0 Å². The van der Waals surface area contributed by atoms with Gasteiger partial charge in [0.25, 0.3) is 5.22 Å². The molecular weight excluding hydrogens is 392 g/mol. The maximum absolute atomic E-state index is 10.9. The van der Waals surface area contributed by atoms with Gasteiger partial charge in [0, 0.05) is 16.9 Å². The molecule has 2 aromatic carbocycles. The number of nitrogens with zero attached hydrogens (tertiary/aromatic N) is 2.